The predicted octanol–water partition coefficient (Wildman–Crippen LogP) is 4.95. The average molecular weight is 326 g/mol. The van der Waals surface area contributed by atoms with Gasteiger partial charge in [-0.05, 0) is 37.8 Å². The van der Waals surface area contributed by atoms with Crippen molar-refractivity contribution >= 4 is 11.6 Å². The molecule has 0 heterocycles. The fraction of sp³-hybridized carbons (Fsp3) is 0.667. The third kappa shape index (κ3) is 5.06. The Labute approximate surface area is 139 Å². The second kappa shape index (κ2) is 9.26. The zero-order valence-electron chi connectivity index (χ0n) is 13.8. The summed E-state index contributed by atoms with van der Waals surface area (Å²) < 4.78 is 11.4. The van der Waals surface area contributed by atoms with Crippen LogP contribution in [0.15, 0.2) is 12.1 Å². The van der Waals surface area contributed by atoms with Crippen molar-refractivity contribution in [2.45, 2.75) is 65.0 Å². The molecule has 0 spiro atoms. The van der Waals surface area contributed by atoms with Gasteiger partial charge in [0.15, 0.2) is 11.5 Å². The molecule has 2 rings (SSSR count). The van der Waals surface area contributed by atoms with Gasteiger partial charge in [-0.3, -0.25) is 0 Å². The molecule has 0 amide bonds. The molecule has 1 saturated carbocycles. The fourth-order valence-corrected chi connectivity index (χ4v) is 3.09. The smallest absolute Gasteiger partial charge is 0.162 e. The van der Waals surface area contributed by atoms with Gasteiger partial charge in [-0.1, -0.05) is 37.8 Å². The highest BCUT2D eigenvalue weighted by molar-refractivity contribution is 6.31. The number of hydrogen-bond donors (Lipinski definition) is 1. The van der Waals surface area contributed by atoms with Gasteiger partial charge in [-0.25, -0.2) is 0 Å². The molecule has 22 heavy (non-hydrogen) atoms. The average Bonchev–Trinajstić information content (AvgIpc) is 2.54. The van der Waals surface area contributed by atoms with Gasteiger partial charge in [-0.15, -0.1) is 0 Å². The highest BCUT2D eigenvalue weighted by atomic mass is 35.5. The van der Waals surface area contributed by atoms with Crippen molar-refractivity contribution in [3.05, 3.63) is 22.7 Å². The summed E-state index contributed by atoms with van der Waals surface area (Å²) in [5.41, 5.74) is 1.08. The molecule has 1 fully saturated rings. The molecule has 1 aromatic carbocycles. The Balaban J connectivity index is 2.04. The van der Waals surface area contributed by atoms with Gasteiger partial charge in [0.1, 0.15) is 0 Å². The van der Waals surface area contributed by atoms with E-state index in [1.807, 2.05) is 19.1 Å². The van der Waals surface area contributed by atoms with E-state index in [0.717, 1.165) is 35.1 Å². The van der Waals surface area contributed by atoms with Crippen molar-refractivity contribution < 1.29 is 9.47 Å². The first-order chi connectivity index (χ1) is 10.7. The summed E-state index contributed by atoms with van der Waals surface area (Å²) >= 11 is 6.42. The van der Waals surface area contributed by atoms with Gasteiger partial charge in [0.25, 0.3) is 0 Å². The van der Waals surface area contributed by atoms with E-state index in [9.17, 15) is 0 Å². The number of hydrogen-bond acceptors (Lipinski definition) is 3. The minimum Gasteiger partial charge on any atom is -0.490 e. The normalized spacial score (nSPS) is 15.8. The van der Waals surface area contributed by atoms with Crippen molar-refractivity contribution in [3.63, 3.8) is 0 Å². The van der Waals surface area contributed by atoms with Crippen molar-refractivity contribution in [2.24, 2.45) is 0 Å². The van der Waals surface area contributed by atoms with E-state index in [1.54, 1.807) is 0 Å². The standard InChI is InChI=1S/C18H28ClNO2/c1-3-10-22-18-12-16(19)14(11-17(18)21-4-2)13-20-15-8-6-5-7-9-15/h11-12,15,20H,3-10,13H2,1-2H3. The van der Waals surface area contributed by atoms with Gasteiger partial charge >= 0.3 is 0 Å². The molecule has 124 valence electrons. The number of benzene rings is 1. The molecule has 1 N–H and O–H groups in total. The molecule has 0 unspecified atom stereocenters. The van der Waals surface area contributed by atoms with E-state index in [2.05, 4.69) is 12.2 Å². The van der Waals surface area contributed by atoms with Crippen molar-refractivity contribution in [1.29, 1.82) is 0 Å². The summed E-state index contributed by atoms with van der Waals surface area (Å²) in [5, 5.41) is 4.38. The van der Waals surface area contributed by atoms with Crippen LogP contribution in [-0.2, 0) is 6.54 Å². The molecular formula is C18H28ClNO2. The molecule has 1 aromatic rings. The summed E-state index contributed by atoms with van der Waals surface area (Å²) in [5.74, 6) is 1.54. The van der Waals surface area contributed by atoms with Crippen molar-refractivity contribution in [1.82, 2.24) is 5.32 Å². The Kier molecular flexibility index (Phi) is 7.34. The highest BCUT2D eigenvalue weighted by Crippen LogP contribution is 2.34. The Hall–Kier alpha value is -0.930. The van der Waals surface area contributed by atoms with E-state index >= 15 is 0 Å². The van der Waals surface area contributed by atoms with Crippen LogP contribution >= 0.6 is 11.6 Å². The van der Waals surface area contributed by atoms with E-state index in [0.29, 0.717) is 19.3 Å². The van der Waals surface area contributed by atoms with Gasteiger partial charge < -0.3 is 14.8 Å². The summed E-state index contributed by atoms with van der Waals surface area (Å²) in [6, 6.07) is 4.53. The lowest BCUT2D eigenvalue weighted by atomic mass is 9.95. The summed E-state index contributed by atoms with van der Waals surface area (Å²) in [6.45, 7) is 6.16. The largest absolute Gasteiger partial charge is 0.490 e. The number of ether oxygens (including phenoxy) is 2. The Morgan fingerprint density at radius 2 is 1.82 bits per heavy atom. The van der Waals surface area contributed by atoms with E-state index in [-0.39, 0.29) is 0 Å². The minimum atomic E-state index is 0.622. The van der Waals surface area contributed by atoms with Gasteiger partial charge in [0.05, 0.1) is 13.2 Å². The van der Waals surface area contributed by atoms with Crippen LogP contribution in [0.4, 0.5) is 0 Å². The fourth-order valence-electron chi connectivity index (χ4n) is 2.87. The minimum absolute atomic E-state index is 0.622. The van der Waals surface area contributed by atoms with Gasteiger partial charge in [0, 0.05) is 23.7 Å². The molecule has 0 saturated heterocycles. The van der Waals surface area contributed by atoms with Gasteiger partial charge in [-0.2, -0.15) is 0 Å². The van der Waals surface area contributed by atoms with E-state index in [4.69, 9.17) is 21.1 Å². The maximum Gasteiger partial charge on any atom is 0.162 e. The number of nitrogens with one attached hydrogen (secondary N) is 1. The Bertz CT molecular complexity index is 459. The van der Waals surface area contributed by atoms with Gasteiger partial charge in [0.2, 0.25) is 0 Å². The Morgan fingerprint density at radius 3 is 2.50 bits per heavy atom. The molecule has 3 nitrogen and oxygen atoms in total. The molecule has 0 atom stereocenters. The first-order valence-electron chi connectivity index (χ1n) is 8.56. The molecule has 0 aromatic heterocycles. The second-order valence-corrected chi connectivity index (χ2v) is 6.29. The third-order valence-electron chi connectivity index (χ3n) is 4.06. The maximum absolute atomic E-state index is 6.42. The predicted molar refractivity (Wildman–Crippen MR) is 92.1 cm³/mol. The van der Waals surface area contributed by atoms with Crippen LogP contribution in [0.25, 0.3) is 0 Å². The summed E-state index contributed by atoms with van der Waals surface area (Å²) in [7, 11) is 0. The topological polar surface area (TPSA) is 30.5 Å². The lowest BCUT2D eigenvalue weighted by Crippen LogP contribution is -2.30. The van der Waals surface area contributed by atoms with E-state index in [1.165, 1.54) is 32.1 Å². The molecule has 4 heteroatoms. The molecule has 0 bridgehead atoms. The second-order valence-electron chi connectivity index (χ2n) is 5.89. The Morgan fingerprint density at radius 1 is 1.09 bits per heavy atom. The number of rotatable bonds is 8. The quantitative estimate of drug-likeness (QED) is 0.733. The van der Waals surface area contributed by atoms with Crippen molar-refractivity contribution in [2.75, 3.05) is 13.2 Å². The molecule has 0 radical (unpaired) electrons. The summed E-state index contributed by atoms with van der Waals surface area (Å²) in [4.78, 5) is 0. The first-order valence-corrected chi connectivity index (χ1v) is 8.93. The van der Waals surface area contributed by atoms with Crippen LogP contribution in [0.3, 0.4) is 0 Å². The SMILES string of the molecule is CCCOc1cc(Cl)c(CNC2CCCCC2)cc1OCC. The summed E-state index contributed by atoms with van der Waals surface area (Å²) in [6.07, 6.45) is 7.55. The zero-order valence-corrected chi connectivity index (χ0v) is 14.5. The van der Waals surface area contributed by atoms with E-state index < -0.39 is 0 Å². The van der Waals surface area contributed by atoms with Crippen molar-refractivity contribution in [3.8, 4) is 11.5 Å². The maximum atomic E-state index is 6.42. The lowest BCUT2D eigenvalue weighted by Gasteiger charge is -2.23. The van der Waals surface area contributed by atoms with Crippen LogP contribution in [0.1, 0.15) is 57.9 Å². The molecular weight excluding hydrogens is 298 g/mol. The van der Waals surface area contributed by atoms with Crippen LogP contribution in [-0.4, -0.2) is 19.3 Å². The monoisotopic (exact) mass is 325 g/mol. The van der Waals surface area contributed by atoms with Crippen LogP contribution in [0.2, 0.25) is 5.02 Å². The third-order valence-corrected chi connectivity index (χ3v) is 4.41. The van der Waals surface area contributed by atoms with Crippen LogP contribution < -0.4 is 14.8 Å². The molecule has 0 aliphatic heterocycles. The van der Waals surface area contributed by atoms with Crippen LogP contribution in [0, 0.1) is 0 Å². The highest BCUT2D eigenvalue weighted by Gasteiger charge is 2.15. The molecule has 1 aliphatic carbocycles. The number of halogens is 1. The zero-order chi connectivity index (χ0) is 15.8. The van der Waals surface area contributed by atoms with Crippen LogP contribution in [0.5, 0.6) is 11.5 Å². The molecule has 1 aliphatic rings. The lowest BCUT2D eigenvalue weighted by molar-refractivity contribution is 0.276. The first kappa shape index (κ1) is 17.4.